The summed E-state index contributed by atoms with van der Waals surface area (Å²) in [4.78, 5) is 0. The lowest BCUT2D eigenvalue weighted by atomic mass is 10.2. The summed E-state index contributed by atoms with van der Waals surface area (Å²) in [5.74, 6) is 1.69. The van der Waals surface area contributed by atoms with Gasteiger partial charge in [-0.05, 0) is 29.8 Å². The zero-order chi connectivity index (χ0) is 17.8. The molecular formula is C21H16BrN3S. The monoisotopic (exact) mass is 421 g/mol. The van der Waals surface area contributed by atoms with E-state index >= 15 is 0 Å². The first-order valence-electron chi connectivity index (χ1n) is 8.25. The second-order valence-corrected chi connectivity index (χ2v) is 7.62. The Kier molecular flexibility index (Phi) is 5.18. The number of aromatic nitrogens is 3. The number of benzene rings is 3. The number of para-hydroxylation sites is 1. The molecule has 0 amide bonds. The largest absolute Gasteiger partial charge is 0.270 e. The van der Waals surface area contributed by atoms with E-state index in [4.69, 9.17) is 0 Å². The predicted octanol–water partition coefficient (Wildman–Crippen LogP) is 5.99. The van der Waals surface area contributed by atoms with E-state index < -0.39 is 0 Å². The molecule has 0 aliphatic carbocycles. The molecule has 0 spiro atoms. The minimum absolute atomic E-state index is 0.841. The van der Waals surface area contributed by atoms with E-state index in [-0.39, 0.29) is 0 Å². The average molecular weight is 422 g/mol. The van der Waals surface area contributed by atoms with Gasteiger partial charge in [0, 0.05) is 21.5 Å². The second kappa shape index (κ2) is 7.89. The van der Waals surface area contributed by atoms with Crippen LogP contribution in [0.1, 0.15) is 5.56 Å². The first-order valence-corrected chi connectivity index (χ1v) is 10.0. The first kappa shape index (κ1) is 17.1. The maximum Gasteiger partial charge on any atom is 0.196 e. The molecule has 0 radical (unpaired) electrons. The molecule has 0 bridgehead atoms. The molecule has 3 aromatic carbocycles. The summed E-state index contributed by atoms with van der Waals surface area (Å²) >= 11 is 5.24. The van der Waals surface area contributed by atoms with E-state index in [1.54, 1.807) is 11.8 Å². The summed E-state index contributed by atoms with van der Waals surface area (Å²) in [6.45, 7) is 0. The highest BCUT2D eigenvalue weighted by Gasteiger charge is 2.16. The van der Waals surface area contributed by atoms with E-state index in [1.165, 1.54) is 5.56 Å². The van der Waals surface area contributed by atoms with Crippen molar-refractivity contribution in [2.75, 3.05) is 0 Å². The molecule has 5 heteroatoms. The number of hydrogen-bond donors (Lipinski definition) is 0. The van der Waals surface area contributed by atoms with Crippen LogP contribution in [0.3, 0.4) is 0 Å². The Morgan fingerprint density at radius 1 is 0.808 bits per heavy atom. The summed E-state index contributed by atoms with van der Waals surface area (Å²) in [5.41, 5.74) is 3.36. The third kappa shape index (κ3) is 3.74. The van der Waals surface area contributed by atoms with Crippen LogP contribution >= 0.6 is 27.7 Å². The molecule has 0 saturated carbocycles. The molecule has 0 aliphatic rings. The second-order valence-electron chi connectivity index (χ2n) is 5.76. The van der Waals surface area contributed by atoms with Crippen molar-refractivity contribution < 1.29 is 0 Å². The molecule has 0 atom stereocenters. The lowest BCUT2D eigenvalue weighted by Gasteiger charge is -2.10. The third-order valence-electron chi connectivity index (χ3n) is 3.94. The minimum atomic E-state index is 0.841. The van der Waals surface area contributed by atoms with E-state index in [2.05, 4.69) is 79.2 Å². The number of thioether (sulfide) groups is 1. The summed E-state index contributed by atoms with van der Waals surface area (Å²) in [5, 5.41) is 9.85. The van der Waals surface area contributed by atoms with Gasteiger partial charge in [0.15, 0.2) is 11.0 Å². The quantitative estimate of drug-likeness (QED) is 0.370. The maximum atomic E-state index is 4.49. The molecule has 0 unspecified atom stereocenters. The topological polar surface area (TPSA) is 30.7 Å². The molecule has 4 rings (SSSR count). The SMILES string of the molecule is Brc1cccc(-c2nnc(SCc3ccccc3)n2-c2ccccc2)c1. The van der Waals surface area contributed by atoms with Gasteiger partial charge in [0.25, 0.3) is 0 Å². The van der Waals surface area contributed by atoms with E-state index in [9.17, 15) is 0 Å². The van der Waals surface area contributed by atoms with Gasteiger partial charge in [-0.1, -0.05) is 88.4 Å². The van der Waals surface area contributed by atoms with Crippen LogP contribution in [0.5, 0.6) is 0 Å². The van der Waals surface area contributed by atoms with Crippen molar-refractivity contribution in [3.8, 4) is 17.1 Å². The Balaban J connectivity index is 1.75. The molecule has 0 N–H and O–H groups in total. The highest BCUT2D eigenvalue weighted by atomic mass is 79.9. The first-order chi connectivity index (χ1) is 12.8. The van der Waals surface area contributed by atoms with Crippen LogP contribution in [0.25, 0.3) is 17.1 Å². The number of nitrogens with zero attached hydrogens (tertiary/aromatic N) is 3. The van der Waals surface area contributed by atoms with Crippen molar-refractivity contribution in [2.45, 2.75) is 10.9 Å². The predicted molar refractivity (Wildman–Crippen MR) is 110 cm³/mol. The molecule has 26 heavy (non-hydrogen) atoms. The van der Waals surface area contributed by atoms with E-state index in [0.29, 0.717) is 0 Å². The maximum absolute atomic E-state index is 4.49. The number of hydrogen-bond acceptors (Lipinski definition) is 3. The van der Waals surface area contributed by atoms with Crippen LogP contribution in [0.15, 0.2) is 94.6 Å². The minimum Gasteiger partial charge on any atom is -0.270 e. The number of rotatable bonds is 5. The van der Waals surface area contributed by atoms with Gasteiger partial charge in [0.1, 0.15) is 0 Å². The average Bonchev–Trinajstić information content (AvgIpc) is 3.12. The summed E-state index contributed by atoms with van der Waals surface area (Å²) in [7, 11) is 0. The standard InChI is InChI=1S/C21H16BrN3S/c22-18-11-7-10-17(14-18)20-23-24-21(25(20)19-12-5-2-6-13-19)26-15-16-8-3-1-4-9-16/h1-14H,15H2. The third-order valence-corrected chi connectivity index (χ3v) is 5.43. The number of halogens is 1. The fraction of sp³-hybridized carbons (Fsp3) is 0.0476. The van der Waals surface area contributed by atoms with Crippen molar-refractivity contribution in [3.63, 3.8) is 0 Å². The van der Waals surface area contributed by atoms with Gasteiger partial charge in [0.05, 0.1) is 0 Å². The Morgan fingerprint density at radius 3 is 2.27 bits per heavy atom. The highest BCUT2D eigenvalue weighted by molar-refractivity contribution is 9.10. The van der Waals surface area contributed by atoms with Gasteiger partial charge < -0.3 is 0 Å². The normalized spacial score (nSPS) is 10.8. The highest BCUT2D eigenvalue weighted by Crippen LogP contribution is 2.30. The van der Waals surface area contributed by atoms with E-state index in [0.717, 1.165) is 32.5 Å². The lowest BCUT2D eigenvalue weighted by Crippen LogP contribution is -1.99. The summed E-state index contributed by atoms with van der Waals surface area (Å²) in [6.07, 6.45) is 0. The van der Waals surface area contributed by atoms with Crippen LogP contribution in [-0.2, 0) is 5.75 Å². The molecular weight excluding hydrogens is 406 g/mol. The van der Waals surface area contributed by atoms with Crippen LogP contribution in [-0.4, -0.2) is 14.8 Å². The zero-order valence-corrected chi connectivity index (χ0v) is 16.3. The fourth-order valence-electron chi connectivity index (χ4n) is 2.71. The Labute approximate surface area is 165 Å². The van der Waals surface area contributed by atoms with Gasteiger partial charge in [0.2, 0.25) is 0 Å². The molecule has 4 aromatic rings. The van der Waals surface area contributed by atoms with Crippen LogP contribution < -0.4 is 0 Å². The van der Waals surface area contributed by atoms with Crippen LogP contribution in [0, 0.1) is 0 Å². The van der Waals surface area contributed by atoms with Gasteiger partial charge in [-0.3, -0.25) is 4.57 Å². The van der Waals surface area contributed by atoms with Gasteiger partial charge in [-0.15, -0.1) is 10.2 Å². The van der Waals surface area contributed by atoms with Crippen molar-refractivity contribution in [1.29, 1.82) is 0 Å². The van der Waals surface area contributed by atoms with Crippen LogP contribution in [0.4, 0.5) is 0 Å². The molecule has 3 nitrogen and oxygen atoms in total. The molecule has 0 aliphatic heterocycles. The molecule has 1 heterocycles. The molecule has 128 valence electrons. The molecule has 0 fully saturated rings. The van der Waals surface area contributed by atoms with Gasteiger partial charge >= 0.3 is 0 Å². The fourth-order valence-corrected chi connectivity index (χ4v) is 4.02. The van der Waals surface area contributed by atoms with Crippen molar-refractivity contribution in [2.24, 2.45) is 0 Å². The van der Waals surface area contributed by atoms with Gasteiger partial charge in [-0.2, -0.15) is 0 Å². The Bertz CT molecular complexity index is 1000. The zero-order valence-electron chi connectivity index (χ0n) is 13.9. The van der Waals surface area contributed by atoms with E-state index in [1.807, 2.05) is 36.4 Å². The Morgan fingerprint density at radius 2 is 1.54 bits per heavy atom. The van der Waals surface area contributed by atoms with Crippen molar-refractivity contribution in [1.82, 2.24) is 14.8 Å². The summed E-state index contributed by atoms with van der Waals surface area (Å²) in [6, 6.07) is 28.8. The Hall–Kier alpha value is -2.37. The van der Waals surface area contributed by atoms with Crippen molar-refractivity contribution >= 4 is 27.7 Å². The van der Waals surface area contributed by atoms with Crippen LogP contribution in [0.2, 0.25) is 0 Å². The smallest absolute Gasteiger partial charge is 0.196 e. The van der Waals surface area contributed by atoms with Gasteiger partial charge in [-0.25, -0.2) is 0 Å². The molecule has 0 saturated heterocycles. The van der Waals surface area contributed by atoms with Crippen molar-refractivity contribution in [3.05, 3.63) is 95.0 Å². The lowest BCUT2D eigenvalue weighted by molar-refractivity contribution is 0.886. The summed E-state index contributed by atoms with van der Waals surface area (Å²) < 4.78 is 3.14. The molecule has 1 aromatic heterocycles.